The Bertz CT molecular complexity index is 727. The molecule has 0 atom stereocenters. The van der Waals surface area contributed by atoms with Crippen LogP contribution >= 0.6 is 0 Å². The Labute approximate surface area is 148 Å². The number of esters is 1. The third kappa shape index (κ3) is 3.68. The van der Waals surface area contributed by atoms with Crippen molar-refractivity contribution >= 4 is 17.3 Å². The molecule has 6 nitrogen and oxygen atoms in total. The number of rotatable bonds is 5. The molecular weight excluding hydrogens is 318 g/mol. The number of nitrogens with zero attached hydrogens (tertiary/aromatic N) is 3. The zero-order valence-electron chi connectivity index (χ0n) is 14.6. The summed E-state index contributed by atoms with van der Waals surface area (Å²) in [6.07, 6.45) is 3.30. The number of methoxy groups -OCH3 is 1. The number of carbonyl (C=O) groups excluding carboxylic acids is 1. The van der Waals surface area contributed by atoms with Crippen LogP contribution in [0.5, 0.6) is 5.75 Å². The zero-order chi connectivity index (χ0) is 17.6. The van der Waals surface area contributed by atoms with E-state index in [4.69, 9.17) is 9.47 Å². The van der Waals surface area contributed by atoms with Gasteiger partial charge in [0.1, 0.15) is 11.3 Å². The summed E-state index contributed by atoms with van der Waals surface area (Å²) in [7, 11) is 1.69. The fourth-order valence-corrected chi connectivity index (χ4v) is 3.11. The molecule has 0 bridgehead atoms. The SMILES string of the molecule is CCOC(=O)c1cnccc1N1CCN(c2ccccc2OC)CC1. The normalized spacial score (nSPS) is 14.3. The molecule has 1 aromatic carbocycles. The fraction of sp³-hybridized carbons (Fsp3) is 0.368. The van der Waals surface area contributed by atoms with Crippen LogP contribution in [0.2, 0.25) is 0 Å². The van der Waals surface area contributed by atoms with Gasteiger partial charge in [0.15, 0.2) is 0 Å². The smallest absolute Gasteiger partial charge is 0.341 e. The van der Waals surface area contributed by atoms with Crippen molar-refractivity contribution in [2.75, 3.05) is 49.7 Å². The Morgan fingerprint density at radius 1 is 1.08 bits per heavy atom. The van der Waals surface area contributed by atoms with Crippen LogP contribution in [-0.4, -0.2) is 50.8 Å². The summed E-state index contributed by atoms with van der Waals surface area (Å²) in [6, 6.07) is 9.92. The maximum absolute atomic E-state index is 12.2. The van der Waals surface area contributed by atoms with E-state index < -0.39 is 0 Å². The topological polar surface area (TPSA) is 54.9 Å². The van der Waals surface area contributed by atoms with Gasteiger partial charge in [-0.05, 0) is 25.1 Å². The van der Waals surface area contributed by atoms with Gasteiger partial charge >= 0.3 is 5.97 Å². The summed E-state index contributed by atoms with van der Waals surface area (Å²) in [6.45, 7) is 5.49. The number of hydrogen-bond donors (Lipinski definition) is 0. The first-order valence-corrected chi connectivity index (χ1v) is 8.48. The minimum absolute atomic E-state index is 0.322. The Hall–Kier alpha value is -2.76. The van der Waals surface area contributed by atoms with E-state index >= 15 is 0 Å². The van der Waals surface area contributed by atoms with Crippen LogP contribution in [0.3, 0.4) is 0 Å². The van der Waals surface area contributed by atoms with E-state index in [0.29, 0.717) is 12.2 Å². The minimum Gasteiger partial charge on any atom is -0.495 e. The van der Waals surface area contributed by atoms with E-state index in [0.717, 1.165) is 43.3 Å². The van der Waals surface area contributed by atoms with Gasteiger partial charge in [0, 0.05) is 38.6 Å². The summed E-state index contributed by atoms with van der Waals surface area (Å²) in [4.78, 5) is 20.8. The second-order valence-corrected chi connectivity index (χ2v) is 5.76. The molecule has 0 amide bonds. The van der Waals surface area contributed by atoms with Crippen molar-refractivity contribution in [2.24, 2.45) is 0 Å². The predicted molar refractivity (Wildman–Crippen MR) is 97.6 cm³/mol. The molecule has 6 heteroatoms. The van der Waals surface area contributed by atoms with Crippen molar-refractivity contribution in [3.05, 3.63) is 48.3 Å². The number of hydrogen-bond acceptors (Lipinski definition) is 6. The van der Waals surface area contributed by atoms with Crippen LogP contribution < -0.4 is 14.5 Å². The molecule has 132 valence electrons. The van der Waals surface area contributed by atoms with Crippen LogP contribution in [0.1, 0.15) is 17.3 Å². The van der Waals surface area contributed by atoms with Gasteiger partial charge in [-0.1, -0.05) is 12.1 Å². The molecule has 0 radical (unpaired) electrons. The van der Waals surface area contributed by atoms with Crippen molar-refractivity contribution < 1.29 is 14.3 Å². The molecule has 25 heavy (non-hydrogen) atoms. The number of ether oxygens (including phenoxy) is 2. The van der Waals surface area contributed by atoms with Gasteiger partial charge in [-0.15, -0.1) is 0 Å². The Morgan fingerprint density at radius 3 is 2.44 bits per heavy atom. The molecule has 0 aliphatic carbocycles. The first-order chi connectivity index (χ1) is 12.2. The molecule has 2 aromatic rings. The molecule has 1 saturated heterocycles. The summed E-state index contributed by atoms with van der Waals surface area (Å²) >= 11 is 0. The molecule has 0 spiro atoms. The zero-order valence-corrected chi connectivity index (χ0v) is 14.6. The Balaban J connectivity index is 1.74. The highest BCUT2D eigenvalue weighted by molar-refractivity contribution is 5.95. The van der Waals surface area contributed by atoms with E-state index in [1.807, 2.05) is 24.3 Å². The van der Waals surface area contributed by atoms with Crippen molar-refractivity contribution in [2.45, 2.75) is 6.92 Å². The number of pyridine rings is 1. The lowest BCUT2D eigenvalue weighted by Crippen LogP contribution is -2.47. The quantitative estimate of drug-likeness (QED) is 0.779. The van der Waals surface area contributed by atoms with Gasteiger partial charge in [-0.25, -0.2) is 4.79 Å². The lowest BCUT2D eigenvalue weighted by atomic mass is 10.1. The number of carbonyl (C=O) groups is 1. The van der Waals surface area contributed by atoms with Gasteiger partial charge in [0.25, 0.3) is 0 Å². The second kappa shape index (κ2) is 7.88. The maximum Gasteiger partial charge on any atom is 0.341 e. The average Bonchev–Trinajstić information content (AvgIpc) is 2.68. The van der Waals surface area contributed by atoms with E-state index in [1.54, 1.807) is 26.4 Å². The van der Waals surface area contributed by atoms with E-state index in [1.165, 1.54) is 0 Å². The van der Waals surface area contributed by atoms with Crippen molar-refractivity contribution in [1.82, 2.24) is 4.98 Å². The summed E-state index contributed by atoms with van der Waals surface area (Å²) in [5.41, 5.74) is 2.51. The molecule has 0 N–H and O–H groups in total. The van der Waals surface area contributed by atoms with Crippen LogP contribution in [0.15, 0.2) is 42.7 Å². The van der Waals surface area contributed by atoms with Gasteiger partial charge in [-0.2, -0.15) is 0 Å². The third-order valence-electron chi connectivity index (χ3n) is 4.34. The molecular formula is C19H23N3O3. The van der Waals surface area contributed by atoms with E-state index in [-0.39, 0.29) is 5.97 Å². The van der Waals surface area contributed by atoms with Crippen molar-refractivity contribution in [3.8, 4) is 5.75 Å². The first kappa shape index (κ1) is 17.1. The monoisotopic (exact) mass is 341 g/mol. The van der Waals surface area contributed by atoms with Gasteiger partial charge in [0.05, 0.1) is 25.1 Å². The molecule has 1 aliphatic rings. The second-order valence-electron chi connectivity index (χ2n) is 5.76. The largest absolute Gasteiger partial charge is 0.495 e. The lowest BCUT2D eigenvalue weighted by Gasteiger charge is -2.38. The average molecular weight is 341 g/mol. The number of anilines is 2. The standard InChI is InChI=1S/C19H23N3O3/c1-3-25-19(23)15-14-20-9-8-16(15)21-10-12-22(13-11-21)17-6-4-5-7-18(17)24-2/h4-9,14H,3,10-13H2,1-2H3. The van der Waals surface area contributed by atoms with Gasteiger partial charge in [-0.3, -0.25) is 4.98 Å². The number of benzene rings is 1. The highest BCUT2D eigenvalue weighted by Gasteiger charge is 2.23. The molecule has 1 fully saturated rings. The molecule has 1 aromatic heterocycles. The van der Waals surface area contributed by atoms with E-state index in [9.17, 15) is 4.79 Å². The minimum atomic E-state index is -0.322. The molecule has 1 aliphatic heterocycles. The van der Waals surface area contributed by atoms with Crippen LogP contribution in [0.25, 0.3) is 0 Å². The van der Waals surface area contributed by atoms with Crippen molar-refractivity contribution in [1.29, 1.82) is 0 Å². The van der Waals surface area contributed by atoms with Gasteiger partial charge in [0.2, 0.25) is 0 Å². The highest BCUT2D eigenvalue weighted by Crippen LogP contribution is 2.30. The first-order valence-electron chi connectivity index (χ1n) is 8.48. The van der Waals surface area contributed by atoms with Gasteiger partial charge < -0.3 is 19.3 Å². The van der Waals surface area contributed by atoms with Crippen LogP contribution in [0.4, 0.5) is 11.4 Å². The van der Waals surface area contributed by atoms with E-state index in [2.05, 4.69) is 20.9 Å². The highest BCUT2D eigenvalue weighted by atomic mass is 16.5. The van der Waals surface area contributed by atoms with Crippen LogP contribution in [0, 0.1) is 0 Å². The Kier molecular flexibility index (Phi) is 5.38. The molecule has 2 heterocycles. The third-order valence-corrected chi connectivity index (χ3v) is 4.34. The summed E-state index contributed by atoms with van der Waals surface area (Å²) in [5.74, 6) is 0.560. The fourth-order valence-electron chi connectivity index (χ4n) is 3.11. The summed E-state index contributed by atoms with van der Waals surface area (Å²) < 4.78 is 10.6. The molecule has 0 unspecified atom stereocenters. The van der Waals surface area contributed by atoms with Crippen molar-refractivity contribution in [3.63, 3.8) is 0 Å². The predicted octanol–water partition coefficient (Wildman–Crippen LogP) is 2.59. The maximum atomic E-state index is 12.2. The van der Waals surface area contributed by atoms with Crippen LogP contribution in [-0.2, 0) is 4.74 Å². The number of piperazine rings is 1. The molecule has 3 rings (SSSR count). The summed E-state index contributed by atoms with van der Waals surface area (Å²) in [5, 5.41) is 0. The number of aromatic nitrogens is 1. The molecule has 0 saturated carbocycles. The number of para-hydroxylation sites is 2. The lowest BCUT2D eigenvalue weighted by molar-refractivity contribution is 0.0526. The Morgan fingerprint density at radius 2 is 1.76 bits per heavy atom.